The number of benzene rings is 1. The number of nitrogens with zero attached hydrogens (tertiary/aromatic N) is 1. The Morgan fingerprint density at radius 3 is 2.56 bits per heavy atom. The third kappa shape index (κ3) is 3.29. The second-order valence-corrected chi connectivity index (χ2v) is 5.08. The second kappa shape index (κ2) is 5.96. The summed E-state index contributed by atoms with van der Waals surface area (Å²) in [5.41, 5.74) is 5.73. The molecule has 1 heterocycles. The molecule has 1 aromatic carbocycles. The van der Waals surface area contributed by atoms with Crippen LogP contribution in [-0.4, -0.2) is 17.8 Å². The van der Waals surface area contributed by atoms with Gasteiger partial charge in [0.2, 0.25) is 0 Å². The Balaban J connectivity index is 1.80. The first kappa shape index (κ1) is 13.0. The lowest BCUT2D eigenvalue weighted by Gasteiger charge is -2.13. The van der Waals surface area contributed by atoms with Crippen LogP contribution in [0.3, 0.4) is 0 Å². The van der Waals surface area contributed by atoms with Crippen LogP contribution in [0.1, 0.15) is 11.4 Å². The molecule has 18 heavy (non-hydrogen) atoms. The molecule has 96 valence electrons. The lowest BCUT2D eigenvalue weighted by atomic mass is 10.3. The van der Waals surface area contributed by atoms with Gasteiger partial charge in [-0.15, -0.1) is 0 Å². The van der Waals surface area contributed by atoms with Crippen LogP contribution >= 0.6 is 15.9 Å². The van der Waals surface area contributed by atoms with Gasteiger partial charge in [0.05, 0.1) is 6.54 Å². The van der Waals surface area contributed by atoms with Crippen LogP contribution in [0.4, 0.5) is 0 Å². The van der Waals surface area contributed by atoms with E-state index in [0.29, 0.717) is 6.61 Å². The maximum absolute atomic E-state index is 5.66. The standard InChI is InChI=1S/C14H17BrN2O/c1-11-6-7-12(2)17(11)16-8-9-18-14-5-3-4-13(15)10-14/h3-7,10,16H,8-9H2,1-2H3. The second-order valence-electron chi connectivity index (χ2n) is 4.17. The van der Waals surface area contributed by atoms with Gasteiger partial charge in [-0.1, -0.05) is 22.0 Å². The monoisotopic (exact) mass is 308 g/mol. The van der Waals surface area contributed by atoms with Crippen molar-refractivity contribution in [3.05, 3.63) is 52.3 Å². The summed E-state index contributed by atoms with van der Waals surface area (Å²) in [5, 5.41) is 0. The Hall–Kier alpha value is -1.42. The van der Waals surface area contributed by atoms with Gasteiger partial charge in [-0.05, 0) is 44.2 Å². The molecule has 0 atom stereocenters. The average molecular weight is 309 g/mol. The van der Waals surface area contributed by atoms with Crippen LogP contribution in [0.2, 0.25) is 0 Å². The fourth-order valence-electron chi connectivity index (χ4n) is 1.80. The van der Waals surface area contributed by atoms with Gasteiger partial charge in [-0.25, -0.2) is 0 Å². The lowest BCUT2D eigenvalue weighted by molar-refractivity contribution is 0.328. The summed E-state index contributed by atoms with van der Waals surface area (Å²) < 4.78 is 8.77. The number of aromatic nitrogens is 1. The Labute approximate surface area is 116 Å². The van der Waals surface area contributed by atoms with E-state index >= 15 is 0 Å². The predicted molar refractivity (Wildman–Crippen MR) is 77.8 cm³/mol. The molecule has 0 saturated heterocycles. The Morgan fingerprint density at radius 2 is 1.89 bits per heavy atom. The van der Waals surface area contributed by atoms with E-state index in [4.69, 9.17) is 4.74 Å². The minimum atomic E-state index is 0.632. The van der Waals surface area contributed by atoms with E-state index in [1.807, 2.05) is 24.3 Å². The van der Waals surface area contributed by atoms with Crippen LogP contribution in [0.5, 0.6) is 5.75 Å². The first-order valence-corrected chi connectivity index (χ1v) is 6.73. The van der Waals surface area contributed by atoms with Crippen molar-refractivity contribution in [3.8, 4) is 5.75 Å². The van der Waals surface area contributed by atoms with Crippen LogP contribution in [0.25, 0.3) is 0 Å². The van der Waals surface area contributed by atoms with Gasteiger partial charge in [-0.3, -0.25) is 4.68 Å². The summed E-state index contributed by atoms with van der Waals surface area (Å²) in [4.78, 5) is 0. The fraction of sp³-hybridized carbons (Fsp3) is 0.286. The molecule has 1 N–H and O–H groups in total. The van der Waals surface area contributed by atoms with E-state index in [1.165, 1.54) is 11.4 Å². The van der Waals surface area contributed by atoms with Crippen molar-refractivity contribution < 1.29 is 4.74 Å². The summed E-state index contributed by atoms with van der Waals surface area (Å²) in [5.74, 6) is 0.882. The summed E-state index contributed by atoms with van der Waals surface area (Å²) in [6, 6.07) is 12.1. The number of halogens is 1. The van der Waals surface area contributed by atoms with E-state index in [1.54, 1.807) is 0 Å². The largest absolute Gasteiger partial charge is 0.492 e. The highest BCUT2D eigenvalue weighted by Gasteiger charge is 1.99. The summed E-state index contributed by atoms with van der Waals surface area (Å²) in [7, 11) is 0. The molecular formula is C14H17BrN2O. The van der Waals surface area contributed by atoms with Crippen molar-refractivity contribution in [2.24, 2.45) is 0 Å². The molecule has 4 heteroatoms. The van der Waals surface area contributed by atoms with Gasteiger partial charge in [-0.2, -0.15) is 0 Å². The van der Waals surface area contributed by atoms with Crippen molar-refractivity contribution in [1.29, 1.82) is 0 Å². The fourth-order valence-corrected chi connectivity index (χ4v) is 2.18. The molecule has 2 aromatic rings. The molecule has 3 nitrogen and oxygen atoms in total. The van der Waals surface area contributed by atoms with Crippen molar-refractivity contribution in [3.63, 3.8) is 0 Å². The van der Waals surface area contributed by atoms with E-state index in [9.17, 15) is 0 Å². The van der Waals surface area contributed by atoms with Gasteiger partial charge in [0.15, 0.2) is 0 Å². The van der Waals surface area contributed by atoms with E-state index in [-0.39, 0.29) is 0 Å². The molecule has 0 bridgehead atoms. The smallest absolute Gasteiger partial charge is 0.120 e. The number of rotatable bonds is 5. The highest BCUT2D eigenvalue weighted by Crippen LogP contribution is 2.17. The molecule has 0 aliphatic heterocycles. The Kier molecular flexibility index (Phi) is 4.31. The molecule has 2 rings (SSSR count). The summed E-state index contributed by atoms with van der Waals surface area (Å²) in [6.07, 6.45) is 0. The highest BCUT2D eigenvalue weighted by atomic mass is 79.9. The maximum Gasteiger partial charge on any atom is 0.120 e. The van der Waals surface area contributed by atoms with Crippen LogP contribution in [0.15, 0.2) is 40.9 Å². The molecule has 0 unspecified atom stereocenters. The van der Waals surface area contributed by atoms with Crippen molar-refractivity contribution >= 4 is 15.9 Å². The van der Waals surface area contributed by atoms with Gasteiger partial charge in [0, 0.05) is 15.9 Å². The van der Waals surface area contributed by atoms with Crippen LogP contribution in [-0.2, 0) is 0 Å². The first-order chi connectivity index (χ1) is 8.66. The summed E-state index contributed by atoms with van der Waals surface area (Å²) >= 11 is 3.42. The first-order valence-electron chi connectivity index (χ1n) is 5.94. The van der Waals surface area contributed by atoms with Crippen molar-refractivity contribution in [2.45, 2.75) is 13.8 Å². The molecule has 0 saturated carbocycles. The number of hydrogen-bond acceptors (Lipinski definition) is 2. The zero-order chi connectivity index (χ0) is 13.0. The summed E-state index contributed by atoms with van der Waals surface area (Å²) in [6.45, 7) is 5.56. The Morgan fingerprint density at radius 1 is 1.17 bits per heavy atom. The third-order valence-corrected chi connectivity index (χ3v) is 3.20. The quantitative estimate of drug-likeness (QED) is 0.856. The molecule has 1 aromatic heterocycles. The van der Waals surface area contributed by atoms with Crippen LogP contribution < -0.4 is 10.2 Å². The normalized spacial score (nSPS) is 10.4. The van der Waals surface area contributed by atoms with Crippen molar-refractivity contribution in [2.75, 3.05) is 18.6 Å². The molecule has 0 radical (unpaired) electrons. The average Bonchev–Trinajstić information content (AvgIpc) is 2.66. The topological polar surface area (TPSA) is 26.2 Å². The van der Waals surface area contributed by atoms with Crippen molar-refractivity contribution in [1.82, 2.24) is 4.68 Å². The number of aryl methyl sites for hydroxylation is 2. The maximum atomic E-state index is 5.66. The number of hydrogen-bond donors (Lipinski definition) is 1. The zero-order valence-electron chi connectivity index (χ0n) is 10.6. The van der Waals surface area contributed by atoms with Gasteiger partial charge < -0.3 is 10.2 Å². The van der Waals surface area contributed by atoms with E-state index in [2.05, 4.69) is 52.0 Å². The third-order valence-electron chi connectivity index (χ3n) is 2.71. The lowest BCUT2D eigenvalue weighted by Crippen LogP contribution is -2.22. The SMILES string of the molecule is Cc1ccc(C)n1NCCOc1cccc(Br)c1. The molecule has 0 amide bonds. The highest BCUT2D eigenvalue weighted by molar-refractivity contribution is 9.10. The molecule has 0 spiro atoms. The van der Waals surface area contributed by atoms with Gasteiger partial charge >= 0.3 is 0 Å². The Bertz CT molecular complexity index is 503. The van der Waals surface area contributed by atoms with Gasteiger partial charge in [0.25, 0.3) is 0 Å². The number of ether oxygens (including phenoxy) is 1. The molecule has 0 aliphatic carbocycles. The molecular weight excluding hydrogens is 292 g/mol. The van der Waals surface area contributed by atoms with Gasteiger partial charge in [0.1, 0.15) is 12.4 Å². The minimum Gasteiger partial charge on any atom is -0.492 e. The zero-order valence-corrected chi connectivity index (χ0v) is 12.2. The minimum absolute atomic E-state index is 0.632. The molecule has 0 aliphatic rings. The molecule has 0 fully saturated rings. The van der Waals surface area contributed by atoms with E-state index in [0.717, 1.165) is 16.8 Å². The van der Waals surface area contributed by atoms with E-state index < -0.39 is 0 Å². The predicted octanol–water partition coefficient (Wildman–Crippen LogP) is 3.49. The number of nitrogens with one attached hydrogen (secondary N) is 1. The van der Waals surface area contributed by atoms with Crippen LogP contribution in [0, 0.1) is 13.8 Å².